The molecule has 15 heteroatoms. The van der Waals surface area contributed by atoms with Gasteiger partial charge in [-0.05, 0) is 68.6 Å². The number of nitrogens with one attached hydrogen (secondary N) is 3. The summed E-state index contributed by atoms with van der Waals surface area (Å²) in [6.45, 7) is 3.68. The Morgan fingerprint density at radius 3 is 2.29 bits per heavy atom. The van der Waals surface area contributed by atoms with Crippen molar-refractivity contribution < 1.29 is 38.3 Å². The average Bonchev–Trinajstić information content (AvgIpc) is 3.83. The average molecular weight is 777 g/mol. The first kappa shape index (κ1) is 39.7. The van der Waals surface area contributed by atoms with Gasteiger partial charge in [-0.3, -0.25) is 28.8 Å². The second kappa shape index (κ2) is 17.7. The van der Waals surface area contributed by atoms with Crippen LogP contribution >= 0.6 is 11.6 Å². The van der Waals surface area contributed by atoms with E-state index in [0.717, 1.165) is 5.56 Å². The summed E-state index contributed by atoms with van der Waals surface area (Å²) in [4.78, 5) is 102. The lowest BCUT2D eigenvalue weighted by Crippen LogP contribution is -2.62. The molecule has 294 valence electrons. The van der Waals surface area contributed by atoms with Gasteiger partial charge in [0.15, 0.2) is 0 Å². The molecular weight excluding hydrogens is 728 g/mol. The molecule has 7 atom stereocenters. The number of esters is 1. The first-order valence-corrected chi connectivity index (χ1v) is 19.5. The van der Waals surface area contributed by atoms with Crippen molar-refractivity contribution in [2.24, 2.45) is 5.92 Å². The van der Waals surface area contributed by atoms with Crippen LogP contribution in [0.25, 0.3) is 0 Å². The Morgan fingerprint density at radius 1 is 0.836 bits per heavy atom. The largest absolute Gasteiger partial charge is 0.461 e. The van der Waals surface area contributed by atoms with Crippen LogP contribution in [0.15, 0.2) is 54.6 Å². The summed E-state index contributed by atoms with van der Waals surface area (Å²) in [5.41, 5.74) is 1.32. The number of amides is 6. The molecule has 4 saturated heterocycles. The number of rotatable bonds is 7. The van der Waals surface area contributed by atoms with Gasteiger partial charge in [-0.2, -0.15) is 0 Å². The van der Waals surface area contributed by atoms with Crippen molar-refractivity contribution >= 4 is 53.0 Å². The quantitative estimate of drug-likeness (QED) is 0.357. The molecule has 4 aliphatic heterocycles. The molecule has 4 aliphatic rings. The molecule has 0 aromatic heterocycles. The molecule has 2 aromatic rings. The van der Waals surface area contributed by atoms with E-state index in [1.54, 1.807) is 43.3 Å². The fraction of sp³-hybridized carbons (Fsp3) is 0.525. The molecule has 0 bridgehead atoms. The smallest absolute Gasteiger partial charge is 0.328 e. The van der Waals surface area contributed by atoms with Gasteiger partial charge in [-0.1, -0.05) is 67.1 Å². The number of piperidine rings is 1. The lowest BCUT2D eigenvalue weighted by Gasteiger charge is -2.39. The highest BCUT2D eigenvalue weighted by Crippen LogP contribution is 2.28. The molecule has 0 saturated carbocycles. The van der Waals surface area contributed by atoms with E-state index in [9.17, 15) is 33.6 Å². The molecule has 55 heavy (non-hydrogen) atoms. The molecule has 14 nitrogen and oxygen atoms in total. The Labute approximate surface area is 325 Å². The second-order valence-electron chi connectivity index (χ2n) is 15.1. The summed E-state index contributed by atoms with van der Waals surface area (Å²) in [6.07, 6.45) is 2.93. The third-order valence-electron chi connectivity index (χ3n) is 11.0. The van der Waals surface area contributed by atoms with Gasteiger partial charge in [-0.15, -0.1) is 0 Å². The molecule has 0 aliphatic carbocycles. The fourth-order valence-corrected chi connectivity index (χ4v) is 8.31. The predicted molar refractivity (Wildman–Crippen MR) is 201 cm³/mol. The van der Waals surface area contributed by atoms with Crippen molar-refractivity contribution in [2.45, 2.75) is 101 Å². The summed E-state index contributed by atoms with van der Waals surface area (Å²) in [6, 6.07) is 9.69. The minimum Gasteiger partial charge on any atom is -0.461 e. The molecular formula is C40H49ClN6O8. The number of nitrogens with zero attached hydrogens (tertiary/aromatic N) is 3. The molecule has 0 unspecified atom stereocenters. The molecule has 4 fully saturated rings. The second-order valence-corrected chi connectivity index (χ2v) is 15.5. The topological polar surface area (TPSA) is 175 Å². The predicted octanol–water partition coefficient (Wildman–Crippen LogP) is 1.77. The maximum Gasteiger partial charge on any atom is 0.328 e. The van der Waals surface area contributed by atoms with Gasteiger partial charge in [0.2, 0.25) is 35.4 Å². The van der Waals surface area contributed by atoms with Crippen molar-refractivity contribution in [3.8, 4) is 0 Å². The number of benzene rings is 2. The van der Waals surface area contributed by atoms with Crippen molar-refractivity contribution in [1.29, 1.82) is 0 Å². The van der Waals surface area contributed by atoms with Crippen LogP contribution in [-0.2, 0) is 51.1 Å². The lowest BCUT2D eigenvalue weighted by molar-refractivity contribution is -0.158. The Hall–Kier alpha value is -4.98. The van der Waals surface area contributed by atoms with Gasteiger partial charge in [0.05, 0.1) is 6.42 Å². The van der Waals surface area contributed by atoms with E-state index in [0.29, 0.717) is 55.7 Å². The van der Waals surface area contributed by atoms with Crippen LogP contribution in [0.3, 0.4) is 0 Å². The molecule has 0 radical (unpaired) electrons. The minimum absolute atomic E-state index is 0.0476. The number of fused-ring (bicyclic) bond motifs is 3. The third kappa shape index (κ3) is 9.29. The Kier molecular flexibility index (Phi) is 12.7. The van der Waals surface area contributed by atoms with E-state index < -0.39 is 78.4 Å². The highest BCUT2D eigenvalue weighted by atomic mass is 35.5. The number of halogens is 1. The van der Waals surface area contributed by atoms with Gasteiger partial charge in [0.1, 0.15) is 42.9 Å². The zero-order valence-corrected chi connectivity index (χ0v) is 32.0. The van der Waals surface area contributed by atoms with Crippen LogP contribution in [0.1, 0.15) is 63.5 Å². The SMILES string of the molecule is C[C@H]1C[C@H]2C(=O)OC[C@H](NC(=O)[C@H](Cc3ccccc3)NC(=O)Cc3ccccc3Cl)C(=O)N3CCC[C@H]3C(=O)N3CCCC[C@H]3C(=O)N[C@@H](C)C(=O)N2C1. The van der Waals surface area contributed by atoms with E-state index >= 15 is 0 Å². The van der Waals surface area contributed by atoms with Crippen molar-refractivity contribution in [1.82, 2.24) is 30.7 Å². The van der Waals surface area contributed by atoms with Crippen LogP contribution in [0.2, 0.25) is 5.02 Å². The maximum absolute atomic E-state index is 14.5. The monoisotopic (exact) mass is 776 g/mol. The molecule has 2 aromatic carbocycles. The highest BCUT2D eigenvalue weighted by Gasteiger charge is 2.46. The number of hydrogen-bond acceptors (Lipinski definition) is 8. The van der Waals surface area contributed by atoms with E-state index in [4.69, 9.17) is 16.3 Å². The highest BCUT2D eigenvalue weighted by molar-refractivity contribution is 6.31. The van der Waals surface area contributed by atoms with Gasteiger partial charge in [0, 0.05) is 31.1 Å². The summed E-state index contributed by atoms with van der Waals surface area (Å²) in [5, 5.41) is 8.74. The molecule has 6 rings (SSSR count). The van der Waals surface area contributed by atoms with Gasteiger partial charge in [-0.25, -0.2) is 4.79 Å². The van der Waals surface area contributed by atoms with E-state index in [-0.39, 0.29) is 37.8 Å². The summed E-state index contributed by atoms with van der Waals surface area (Å²) < 4.78 is 5.75. The fourth-order valence-electron chi connectivity index (χ4n) is 8.11. The Morgan fingerprint density at radius 2 is 1.53 bits per heavy atom. The number of carbonyl (C=O) groups excluding carboxylic acids is 7. The van der Waals surface area contributed by atoms with Crippen LogP contribution in [0, 0.1) is 5.92 Å². The normalized spacial score (nSPS) is 27.0. The summed E-state index contributed by atoms with van der Waals surface area (Å²) in [7, 11) is 0. The summed E-state index contributed by atoms with van der Waals surface area (Å²) >= 11 is 6.31. The van der Waals surface area contributed by atoms with E-state index in [2.05, 4.69) is 16.0 Å². The Bertz CT molecular complexity index is 1790. The number of hydrogen-bond donors (Lipinski definition) is 3. The van der Waals surface area contributed by atoms with Gasteiger partial charge in [0.25, 0.3) is 0 Å². The van der Waals surface area contributed by atoms with Crippen molar-refractivity contribution in [2.75, 3.05) is 26.2 Å². The zero-order valence-electron chi connectivity index (χ0n) is 31.2. The van der Waals surface area contributed by atoms with Crippen LogP contribution in [0.4, 0.5) is 0 Å². The van der Waals surface area contributed by atoms with E-state index in [1.165, 1.54) is 14.7 Å². The van der Waals surface area contributed by atoms with Gasteiger partial charge < -0.3 is 35.4 Å². The van der Waals surface area contributed by atoms with Crippen molar-refractivity contribution in [3.63, 3.8) is 0 Å². The molecule has 4 heterocycles. The molecule has 6 amide bonds. The van der Waals surface area contributed by atoms with Crippen LogP contribution in [-0.4, -0.2) is 119 Å². The standard InChI is InChI=1S/C40H49ClN6O8/c1-24-19-33-40(54)55-23-30(44-35(49)29(20-26-11-4-3-5-12-26)43-34(48)21-27-13-6-7-14-28(27)41)38(52)46-18-10-16-32(46)39(53)45-17-9-8-15-31(45)36(50)42-25(2)37(51)47(33)22-24/h3-7,11-14,24-25,29-33H,8-10,15-23H2,1-2H3,(H,42,50)(H,43,48)(H,44,49)/t24-,25-,29-,30-,31-,32-,33-/m0/s1. The zero-order chi connectivity index (χ0) is 39.2. The number of ether oxygens (including phenoxy) is 1. The molecule has 0 spiro atoms. The summed E-state index contributed by atoms with van der Waals surface area (Å²) in [5.74, 6) is -3.92. The maximum atomic E-state index is 14.5. The van der Waals surface area contributed by atoms with E-state index in [1.807, 2.05) is 25.1 Å². The Balaban J connectivity index is 1.30. The lowest BCUT2D eigenvalue weighted by atomic mass is 9.99. The van der Waals surface area contributed by atoms with Gasteiger partial charge >= 0.3 is 5.97 Å². The van der Waals surface area contributed by atoms with Crippen LogP contribution < -0.4 is 16.0 Å². The van der Waals surface area contributed by atoms with Crippen molar-refractivity contribution in [3.05, 3.63) is 70.7 Å². The number of carbonyl (C=O) groups is 7. The first-order valence-electron chi connectivity index (χ1n) is 19.2. The first-order chi connectivity index (χ1) is 26.4. The number of cyclic esters (lactones) is 1. The molecule has 3 N–H and O–H groups in total. The van der Waals surface area contributed by atoms with Crippen LogP contribution in [0.5, 0.6) is 0 Å². The third-order valence-corrected chi connectivity index (χ3v) is 11.3. The minimum atomic E-state index is -1.43.